The predicted molar refractivity (Wildman–Crippen MR) is 61.8 cm³/mol. The van der Waals surface area contributed by atoms with Gasteiger partial charge in [0.25, 0.3) is 0 Å². The highest BCUT2D eigenvalue weighted by molar-refractivity contribution is 7.99. The number of halogens is 3. The molecule has 1 heterocycles. The van der Waals surface area contributed by atoms with Crippen LogP contribution < -0.4 is 5.63 Å². The Kier molecular flexibility index (Phi) is 3.72. The second-order valence-electron chi connectivity index (χ2n) is 3.50. The van der Waals surface area contributed by atoms with E-state index in [1.54, 1.807) is 0 Å². The number of hydrogen-bond donors (Lipinski definition) is 2. The number of benzene rings is 1. The summed E-state index contributed by atoms with van der Waals surface area (Å²) in [6, 6.07) is 0.519. The first-order valence-electron chi connectivity index (χ1n) is 5.04. The van der Waals surface area contributed by atoms with Gasteiger partial charge in [-0.05, 0) is 0 Å². The second-order valence-corrected chi connectivity index (χ2v) is 4.60. The zero-order valence-electron chi connectivity index (χ0n) is 9.24. The summed E-state index contributed by atoms with van der Waals surface area (Å²) < 4.78 is 45.8. The number of thioether (sulfide) groups is 1. The van der Waals surface area contributed by atoms with Crippen LogP contribution >= 0.6 is 11.8 Å². The lowest BCUT2D eigenvalue weighted by molar-refractivity contribution is 0.322. The molecule has 0 saturated heterocycles. The maximum Gasteiger partial charge on any atom is 0.340 e. The lowest BCUT2D eigenvalue weighted by Crippen LogP contribution is -2.03. The van der Waals surface area contributed by atoms with E-state index in [0.717, 1.165) is 0 Å². The first-order valence-corrected chi connectivity index (χ1v) is 6.02. The van der Waals surface area contributed by atoms with Crippen LogP contribution in [-0.2, 0) is 0 Å². The molecule has 1 aromatic carbocycles. The molecule has 0 saturated carbocycles. The van der Waals surface area contributed by atoms with E-state index >= 15 is 0 Å². The van der Waals surface area contributed by atoms with Gasteiger partial charge >= 0.3 is 5.63 Å². The van der Waals surface area contributed by atoms with Gasteiger partial charge in [-0.25, -0.2) is 18.0 Å². The predicted octanol–water partition coefficient (Wildman–Crippen LogP) is 2.00. The molecular weight excluding hydrogens is 285 g/mol. The molecule has 0 fully saturated rings. The van der Waals surface area contributed by atoms with Gasteiger partial charge in [-0.15, -0.1) is 11.8 Å². The third-order valence-electron chi connectivity index (χ3n) is 2.29. The third-order valence-corrected chi connectivity index (χ3v) is 3.32. The average molecular weight is 292 g/mol. The fourth-order valence-electron chi connectivity index (χ4n) is 1.53. The van der Waals surface area contributed by atoms with Crippen molar-refractivity contribution in [3.8, 4) is 5.75 Å². The zero-order chi connectivity index (χ0) is 14.2. The lowest BCUT2D eigenvalue weighted by Gasteiger charge is -2.08. The quantitative estimate of drug-likeness (QED) is 0.514. The number of hydrogen-bond acceptors (Lipinski definition) is 5. The minimum absolute atomic E-state index is 0.0676. The van der Waals surface area contributed by atoms with Gasteiger partial charge in [0.15, 0.2) is 23.0 Å². The highest BCUT2D eigenvalue weighted by Crippen LogP contribution is 2.36. The van der Waals surface area contributed by atoms with Crippen molar-refractivity contribution in [3.05, 3.63) is 33.9 Å². The van der Waals surface area contributed by atoms with Gasteiger partial charge in [0.05, 0.1) is 17.6 Å². The third kappa shape index (κ3) is 2.28. The Hall–Kier alpha value is -1.67. The van der Waals surface area contributed by atoms with Crippen LogP contribution in [0.1, 0.15) is 0 Å². The van der Waals surface area contributed by atoms with Gasteiger partial charge in [0.2, 0.25) is 0 Å². The Morgan fingerprint density at radius 1 is 1.21 bits per heavy atom. The Morgan fingerprint density at radius 3 is 2.53 bits per heavy atom. The normalized spacial score (nSPS) is 11.2. The summed E-state index contributed by atoms with van der Waals surface area (Å²) in [5.41, 5.74) is -1.95. The second kappa shape index (κ2) is 5.14. The van der Waals surface area contributed by atoms with E-state index in [2.05, 4.69) is 4.42 Å². The minimum Gasteiger partial charge on any atom is -0.507 e. The van der Waals surface area contributed by atoms with Crippen molar-refractivity contribution < 1.29 is 27.8 Å². The molecule has 102 valence electrons. The monoisotopic (exact) mass is 292 g/mol. The van der Waals surface area contributed by atoms with Gasteiger partial charge < -0.3 is 14.6 Å². The topological polar surface area (TPSA) is 70.7 Å². The fourth-order valence-corrected chi connectivity index (χ4v) is 2.26. The molecule has 0 atom stereocenters. The number of aromatic hydroxyl groups is 1. The SMILES string of the molecule is O=c1cc(O)c2c(F)c(F)c(SCCO)c(F)c2o1. The summed E-state index contributed by atoms with van der Waals surface area (Å²) in [5.74, 6) is -5.28. The van der Waals surface area contributed by atoms with Crippen molar-refractivity contribution in [1.82, 2.24) is 0 Å². The van der Waals surface area contributed by atoms with E-state index < -0.39 is 44.7 Å². The van der Waals surface area contributed by atoms with E-state index in [-0.39, 0.29) is 12.4 Å². The van der Waals surface area contributed by atoms with Gasteiger partial charge in [-0.3, -0.25) is 0 Å². The smallest absolute Gasteiger partial charge is 0.340 e. The summed E-state index contributed by atoms with van der Waals surface area (Å²) >= 11 is 0.531. The molecule has 4 nitrogen and oxygen atoms in total. The van der Waals surface area contributed by atoms with Crippen LogP contribution in [0.5, 0.6) is 5.75 Å². The van der Waals surface area contributed by atoms with Crippen LogP contribution in [0.3, 0.4) is 0 Å². The maximum absolute atomic E-state index is 13.9. The van der Waals surface area contributed by atoms with E-state index in [0.29, 0.717) is 17.8 Å². The van der Waals surface area contributed by atoms with Crippen molar-refractivity contribution >= 4 is 22.7 Å². The van der Waals surface area contributed by atoms with E-state index in [9.17, 15) is 23.1 Å². The zero-order valence-corrected chi connectivity index (χ0v) is 10.1. The Labute approximate surface area is 108 Å². The molecule has 2 aromatic rings. The van der Waals surface area contributed by atoms with Crippen molar-refractivity contribution in [1.29, 1.82) is 0 Å². The van der Waals surface area contributed by atoms with Crippen LogP contribution in [0.4, 0.5) is 13.2 Å². The van der Waals surface area contributed by atoms with Gasteiger partial charge in [-0.1, -0.05) is 0 Å². The van der Waals surface area contributed by atoms with E-state index in [1.165, 1.54) is 0 Å². The first-order chi connectivity index (χ1) is 8.97. The minimum atomic E-state index is -1.52. The van der Waals surface area contributed by atoms with Gasteiger partial charge in [-0.2, -0.15) is 0 Å². The molecule has 0 aliphatic carbocycles. The van der Waals surface area contributed by atoms with Crippen molar-refractivity contribution in [2.24, 2.45) is 0 Å². The molecule has 0 radical (unpaired) electrons. The summed E-state index contributed by atoms with van der Waals surface area (Å²) in [6.07, 6.45) is 0. The van der Waals surface area contributed by atoms with E-state index in [1.807, 2.05) is 0 Å². The van der Waals surface area contributed by atoms with Gasteiger partial charge in [0, 0.05) is 5.75 Å². The molecule has 2 rings (SSSR count). The highest BCUT2D eigenvalue weighted by atomic mass is 32.2. The first kappa shape index (κ1) is 13.8. The molecule has 2 N–H and O–H groups in total. The Balaban J connectivity index is 2.84. The molecule has 0 aliphatic heterocycles. The molecule has 0 unspecified atom stereocenters. The summed E-state index contributed by atoms with van der Waals surface area (Å²) in [4.78, 5) is 10.3. The van der Waals surface area contributed by atoms with Crippen LogP contribution in [-0.4, -0.2) is 22.6 Å². The molecule has 19 heavy (non-hydrogen) atoms. The van der Waals surface area contributed by atoms with Crippen molar-refractivity contribution in [2.75, 3.05) is 12.4 Å². The number of aliphatic hydroxyl groups excluding tert-OH is 1. The van der Waals surface area contributed by atoms with Gasteiger partial charge in [0.1, 0.15) is 11.1 Å². The number of rotatable bonds is 3. The molecule has 8 heteroatoms. The molecule has 0 aliphatic rings. The van der Waals surface area contributed by atoms with Crippen molar-refractivity contribution in [3.63, 3.8) is 0 Å². The van der Waals surface area contributed by atoms with Crippen molar-refractivity contribution in [2.45, 2.75) is 4.90 Å². The largest absolute Gasteiger partial charge is 0.507 e. The number of aliphatic hydroxyl groups is 1. The lowest BCUT2D eigenvalue weighted by atomic mass is 10.2. The molecule has 0 amide bonds. The Morgan fingerprint density at radius 2 is 1.89 bits per heavy atom. The standard InChI is InChI=1S/C11H7F3O4S/c12-7-6-4(16)3-5(17)18-10(6)9(14)11(8(7)13)19-2-1-15/h3,15-16H,1-2H2. The van der Waals surface area contributed by atoms with Crippen LogP contribution in [0, 0.1) is 17.5 Å². The number of fused-ring (bicyclic) bond motifs is 1. The van der Waals surface area contributed by atoms with Crippen LogP contribution in [0.15, 0.2) is 20.2 Å². The molecule has 0 spiro atoms. The molecule has 0 bridgehead atoms. The average Bonchev–Trinajstić information content (AvgIpc) is 2.35. The van der Waals surface area contributed by atoms with Crippen LogP contribution in [0.2, 0.25) is 0 Å². The highest BCUT2D eigenvalue weighted by Gasteiger charge is 2.24. The van der Waals surface area contributed by atoms with E-state index in [4.69, 9.17) is 5.11 Å². The fraction of sp³-hybridized carbons (Fsp3) is 0.182. The molecular formula is C11H7F3O4S. The van der Waals surface area contributed by atoms with Crippen LogP contribution in [0.25, 0.3) is 11.0 Å². The summed E-state index contributed by atoms with van der Waals surface area (Å²) in [5, 5.41) is 17.1. The summed E-state index contributed by atoms with van der Waals surface area (Å²) in [6.45, 7) is -0.368. The Bertz CT molecular complexity index is 699. The molecule has 1 aromatic heterocycles. The maximum atomic E-state index is 13.9. The summed E-state index contributed by atoms with van der Waals surface area (Å²) in [7, 11) is 0.